The molecule has 2 fully saturated rings. The van der Waals surface area contributed by atoms with E-state index in [-0.39, 0.29) is 17.5 Å². The van der Waals surface area contributed by atoms with Crippen LogP contribution >= 0.6 is 23.2 Å². The summed E-state index contributed by atoms with van der Waals surface area (Å²) in [6.07, 6.45) is 7.05. The summed E-state index contributed by atoms with van der Waals surface area (Å²) in [5.41, 5.74) is 1.63. The highest BCUT2D eigenvalue weighted by molar-refractivity contribution is 6.39. The molecule has 2 atom stereocenters. The largest absolute Gasteiger partial charge is 0.349 e. The minimum absolute atomic E-state index is 0.0211. The Labute approximate surface area is 196 Å². The Morgan fingerprint density at radius 2 is 1.78 bits per heavy atom. The first kappa shape index (κ1) is 21.5. The van der Waals surface area contributed by atoms with Gasteiger partial charge in [0.25, 0.3) is 5.91 Å². The van der Waals surface area contributed by atoms with Gasteiger partial charge in [-0.1, -0.05) is 55.0 Å². The van der Waals surface area contributed by atoms with Crippen LogP contribution in [-0.2, 0) is 7.05 Å². The van der Waals surface area contributed by atoms with E-state index >= 15 is 0 Å². The number of nitrogens with one attached hydrogen (secondary N) is 2. The zero-order chi connectivity index (χ0) is 22.4. The van der Waals surface area contributed by atoms with Gasteiger partial charge in [-0.05, 0) is 42.9 Å². The Kier molecular flexibility index (Phi) is 5.76. The number of anilines is 2. The molecule has 2 aliphatic carbocycles. The predicted molar refractivity (Wildman–Crippen MR) is 126 cm³/mol. The van der Waals surface area contributed by atoms with E-state index in [4.69, 9.17) is 23.2 Å². The van der Waals surface area contributed by atoms with Crippen molar-refractivity contribution in [1.29, 1.82) is 0 Å². The lowest BCUT2D eigenvalue weighted by molar-refractivity contribution is 0.0933. The zero-order valence-electron chi connectivity index (χ0n) is 17.8. The molecule has 1 aromatic heterocycles. The molecule has 3 aromatic rings. The molecule has 2 saturated carbocycles. The van der Waals surface area contributed by atoms with Crippen LogP contribution in [0.5, 0.6) is 0 Å². The van der Waals surface area contributed by atoms with Crippen LogP contribution in [0.25, 0.3) is 11.0 Å². The van der Waals surface area contributed by atoms with Crippen LogP contribution in [0.2, 0.25) is 10.0 Å². The molecule has 0 aliphatic heterocycles. The maximum absolute atomic E-state index is 14.9. The lowest BCUT2D eigenvalue weighted by Gasteiger charge is -2.23. The molecule has 2 N–H and O–H groups in total. The highest BCUT2D eigenvalue weighted by Gasteiger charge is 2.36. The van der Waals surface area contributed by atoms with E-state index in [1.54, 1.807) is 29.8 Å². The number of halogens is 3. The number of carbonyl (C=O) groups is 1. The number of nitrogens with zero attached hydrogens (tertiary/aromatic N) is 2. The Bertz CT molecular complexity index is 1160. The van der Waals surface area contributed by atoms with E-state index in [9.17, 15) is 9.18 Å². The fourth-order valence-corrected chi connectivity index (χ4v) is 5.83. The lowest BCUT2D eigenvalue weighted by Crippen LogP contribution is -2.33. The van der Waals surface area contributed by atoms with Crippen molar-refractivity contribution in [2.75, 3.05) is 5.32 Å². The molecule has 5 nitrogen and oxygen atoms in total. The van der Waals surface area contributed by atoms with E-state index in [1.165, 1.54) is 37.8 Å². The smallest absolute Gasteiger partial charge is 0.254 e. The summed E-state index contributed by atoms with van der Waals surface area (Å²) in [5, 5.41) is 7.09. The fraction of sp³-hybridized carbons (Fsp3) is 0.417. The summed E-state index contributed by atoms with van der Waals surface area (Å²) in [5.74, 6) is 0.912. The summed E-state index contributed by atoms with van der Waals surface area (Å²) in [4.78, 5) is 17.5. The average Bonchev–Trinajstić information content (AvgIpc) is 3.30. The van der Waals surface area contributed by atoms with Gasteiger partial charge in [0.15, 0.2) is 0 Å². The number of imidazole rings is 1. The van der Waals surface area contributed by atoms with Crippen LogP contribution in [-0.4, -0.2) is 21.5 Å². The van der Waals surface area contributed by atoms with Gasteiger partial charge in [0.2, 0.25) is 5.95 Å². The van der Waals surface area contributed by atoms with Gasteiger partial charge in [0, 0.05) is 19.2 Å². The number of aromatic nitrogens is 2. The molecule has 8 heteroatoms. The van der Waals surface area contributed by atoms with Gasteiger partial charge in [-0.25, -0.2) is 9.37 Å². The third kappa shape index (κ3) is 3.95. The molecule has 1 amide bonds. The van der Waals surface area contributed by atoms with Crippen molar-refractivity contribution >= 4 is 51.8 Å². The molecule has 168 valence electrons. The molecule has 0 saturated heterocycles. The number of rotatable bonds is 4. The van der Waals surface area contributed by atoms with Crippen LogP contribution < -0.4 is 10.6 Å². The number of benzene rings is 2. The molecule has 0 radical (unpaired) electrons. The maximum atomic E-state index is 14.9. The quantitative estimate of drug-likeness (QED) is 0.455. The van der Waals surface area contributed by atoms with Gasteiger partial charge in [0.1, 0.15) is 5.82 Å². The Balaban J connectivity index is 1.39. The summed E-state index contributed by atoms with van der Waals surface area (Å²) < 4.78 is 16.6. The Morgan fingerprint density at radius 3 is 2.44 bits per heavy atom. The molecule has 1 heterocycles. The molecule has 0 spiro atoms. The van der Waals surface area contributed by atoms with Crippen LogP contribution in [0, 0.1) is 17.7 Å². The number of hydrogen-bond donors (Lipinski definition) is 2. The van der Waals surface area contributed by atoms with Gasteiger partial charge in [-0.2, -0.15) is 0 Å². The monoisotopic (exact) mass is 474 g/mol. The predicted octanol–water partition coefficient (Wildman–Crippen LogP) is 6.46. The van der Waals surface area contributed by atoms with E-state index in [1.807, 2.05) is 0 Å². The van der Waals surface area contributed by atoms with E-state index in [0.717, 1.165) is 12.8 Å². The van der Waals surface area contributed by atoms with Crippen molar-refractivity contribution in [3.05, 3.63) is 51.8 Å². The minimum Gasteiger partial charge on any atom is -0.349 e. The first-order valence-electron chi connectivity index (χ1n) is 11.1. The number of carbonyl (C=O) groups excluding carboxylic acids is 1. The average molecular weight is 475 g/mol. The molecular formula is C24H25Cl2FN4O. The maximum Gasteiger partial charge on any atom is 0.254 e. The Morgan fingerprint density at radius 1 is 1.12 bits per heavy atom. The minimum atomic E-state index is -0.560. The van der Waals surface area contributed by atoms with Crippen LogP contribution in [0.1, 0.15) is 48.9 Å². The molecule has 32 heavy (non-hydrogen) atoms. The van der Waals surface area contributed by atoms with Gasteiger partial charge in [-0.15, -0.1) is 0 Å². The Hall–Kier alpha value is -2.31. The number of aryl methyl sites for hydroxylation is 1. The third-order valence-electron chi connectivity index (χ3n) is 6.99. The topological polar surface area (TPSA) is 59.0 Å². The molecule has 5 rings (SSSR count). The van der Waals surface area contributed by atoms with Crippen molar-refractivity contribution in [3.63, 3.8) is 0 Å². The fourth-order valence-electron chi connectivity index (χ4n) is 5.34. The van der Waals surface area contributed by atoms with Crippen molar-refractivity contribution in [2.45, 2.75) is 44.6 Å². The zero-order valence-corrected chi connectivity index (χ0v) is 19.3. The lowest BCUT2D eigenvalue weighted by atomic mass is 9.82. The van der Waals surface area contributed by atoms with Crippen molar-refractivity contribution in [2.24, 2.45) is 18.9 Å². The summed E-state index contributed by atoms with van der Waals surface area (Å²) in [7, 11) is 1.77. The molecule has 2 aliphatic rings. The molecule has 2 aromatic carbocycles. The summed E-state index contributed by atoms with van der Waals surface area (Å²) in [6, 6.07) is 8.19. The molecular weight excluding hydrogens is 450 g/mol. The number of para-hydroxylation sites is 1. The second-order valence-electron chi connectivity index (χ2n) is 8.98. The number of amides is 1. The highest BCUT2D eigenvalue weighted by atomic mass is 35.5. The number of fused-ring (bicyclic) bond motifs is 2. The van der Waals surface area contributed by atoms with Gasteiger partial charge >= 0.3 is 0 Å². The first-order chi connectivity index (χ1) is 15.4. The van der Waals surface area contributed by atoms with Crippen LogP contribution in [0.15, 0.2) is 30.3 Å². The number of hydrogen-bond acceptors (Lipinski definition) is 3. The highest BCUT2D eigenvalue weighted by Crippen LogP contribution is 2.42. The SMILES string of the molecule is Cn1c(Nc2c(Cl)cccc2Cl)nc2cc(C(=O)NC3CC4CCCCC4C3)c(F)cc21. The van der Waals surface area contributed by atoms with Crippen molar-refractivity contribution in [3.8, 4) is 0 Å². The second kappa shape index (κ2) is 8.56. The normalized spacial score (nSPS) is 22.7. The van der Waals surface area contributed by atoms with Crippen LogP contribution in [0.3, 0.4) is 0 Å². The van der Waals surface area contributed by atoms with Crippen molar-refractivity contribution < 1.29 is 9.18 Å². The van der Waals surface area contributed by atoms with E-state index in [2.05, 4.69) is 15.6 Å². The van der Waals surface area contributed by atoms with E-state index in [0.29, 0.717) is 44.6 Å². The van der Waals surface area contributed by atoms with Gasteiger partial charge in [-0.3, -0.25) is 4.79 Å². The first-order valence-corrected chi connectivity index (χ1v) is 11.8. The standard InChI is InChI=1S/C24H25Cl2FN4O/c1-31-21-12-19(27)16(23(32)28-15-9-13-5-2-3-6-14(13)10-15)11-20(21)29-24(31)30-22-17(25)7-4-8-18(22)26/h4,7-8,11-15H,2-3,5-6,9-10H2,1H3,(H,28,32)(H,29,30). The van der Waals surface area contributed by atoms with Gasteiger partial charge < -0.3 is 15.2 Å². The summed E-state index contributed by atoms with van der Waals surface area (Å²) >= 11 is 12.5. The molecule has 2 unspecified atom stereocenters. The van der Waals surface area contributed by atoms with E-state index < -0.39 is 5.82 Å². The van der Waals surface area contributed by atoms with Gasteiger partial charge in [0.05, 0.1) is 32.3 Å². The third-order valence-corrected chi connectivity index (χ3v) is 7.62. The second-order valence-corrected chi connectivity index (χ2v) is 9.80. The summed E-state index contributed by atoms with van der Waals surface area (Å²) in [6.45, 7) is 0. The van der Waals surface area contributed by atoms with Crippen LogP contribution in [0.4, 0.5) is 16.0 Å². The van der Waals surface area contributed by atoms with Crippen molar-refractivity contribution in [1.82, 2.24) is 14.9 Å². The molecule has 0 bridgehead atoms.